The van der Waals surface area contributed by atoms with Gasteiger partial charge in [0.25, 0.3) is 5.91 Å². The molecular weight excluding hydrogens is 306 g/mol. The first-order chi connectivity index (χ1) is 11.5. The Hall–Kier alpha value is -3.15. The van der Waals surface area contributed by atoms with Gasteiger partial charge in [0.15, 0.2) is 12.3 Å². The SMILES string of the molecule is Cc1ccc(NC(=O)COC(=O)c2cn3ccccc3n2)c(C)c1. The zero-order chi connectivity index (χ0) is 17.1. The molecule has 1 aromatic carbocycles. The molecule has 6 heteroatoms. The Kier molecular flexibility index (Phi) is 4.29. The van der Waals surface area contributed by atoms with Crippen LogP contribution >= 0.6 is 0 Å². The molecule has 1 amide bonds. The van der Waals surface area contributed by atoms with Gasteiger partial charge in [-0.05, 0) is 37.6 Å². The topological polar surface area (TPSA) is 72.7 Å². The summed E-state index contributed by atoms with van der Waals surface area (Å²) in [5, 5.41) is 2.73. The van der Waals surface area contributed by atoms with Crippen LogP contribution in [0.4, 0.5) is 5.69 Å². The van der Waals surface area contributed by atoms with E-state index in [0.717, 1.165) is 11.1 Å². The van der Waals surface area contributed by atoms with E-state index in [1.165, 1.54) is 0 Å². The summed E-state index contributed by atoms with van der Waals surface area (Å²) in [7, 11) is 0. The fourth-order valence-corrected chi connectivity index (χ4v) is 2.38. The average molecular weight is 323 g/mol. The molecule has 122 valence electrons. The van der Waals surface area contributed by atoms with Crippen molar-refractivity contribution in [2.75, 3.05) is 11.9 Å². The second kappa shape index (κ2) is 6.54. The van der Waals surface area contributed by atoms with Crippen molar-refractivity contribution in [3.8, 4) is 0 Å². The van der Waals surface area contributed by atoms with Gasteiger partial charge in [-0.3, -0.25) is 4.79 Å². The van der Waals surface area contributed by atoms with E-state index in [2.05, 4.69) is 10.3 Å². The van der Waals surface area contributed by atoms with Gasteiger partial charge in [0.05, 0.1) is 0 Å². The highest BCUT2D eigenvalue weighted by molar-refractivity contribution is 5.95. The number of pyridine rings is 1. The molecule has 0 fully saturated rings. The minimum atomic E-state index is -0.630. The van der Waals surface area contributed by atoms with Crippen molar-refractivity contribution in [2.24, 2.45) is 0 Å². The fraction of sp³-hybridized carbons (Fsp3) is 0.167. The van der Waals surface area contributed by atoms with Gasteiger partial charge in [-0.2, -0.15) is 0 Å². The second-order valence-electron chi connectivity index (χ2n) is 5.53. The molecule has 0 unspecified atom stereocenters. The predicted octanol–water partition coefficient (Wildman–Crippen LogP) is 2.75. The third kappa shape index (κ3) is 3.43. The maximum Gasteiger partial charge on any atom is 0.359 e. The molecule has 0 bridgehead atoms. The highest BCUT2D eigenvalue weighted by Gasteiger charge is 2.14. The maximum atomic E-state index is 12.0. The minimum Gasteiger partial charge on any atom is -0.451 e. The number of carbonyl (C=O) groups excluding carboxylic acids is 2. The molecule has 2 aromatic heterocycles. The van der Waals surface area contributed by atoms with Gasteiger partial charge in [0.2, 0.25) is 0 Å². The van der Waals surface area contributed by atoms with Crippen LogP contribution in [-0.2, 0) is 9.53 Å². The number of nitrogens with one attached hydrogen (secondary N) is 1. The summed E-state index contributed by atoms with van der Waals surface area (Å²) in [6.07, 6.45) is 3.35. The fourth-order valence-electron chi connectivity index (χ4n) is 2.38. The van der Waals surface area contributed by atoms with Crippen molar-refractivity contribution < 1.29 is 14.3 Å². The number of fused-ring (bicyclic) bond motifs is 1. The van der Waals surface area contributed by atoms with Crippen molar-refractivity contribution in [1.82, 2.24) is 9.38 Å². The van der Waals surface area contributed by atoms with E-state index in [0.29, 0.717) is 11.3 Å². The molecule has 0 aliphatic heterocycles. The van der Waals surface area contributed by atoms with Crippen LogP contribution in [0.25, 0.3) is 5.65 Å². The Morgan fingerprint density at radius 3 is 2.79 bits per heavy atom. The van der Waals surface area contributed by atoms with Crippen LogP contribution in [0.15, 0.2) is 48.8 Å². The number of ether oxygens (including phenoxy) is 1. The zero-order valence-electron chi connectivity index (χ0n) is 13.4. The van der Waals surface area contributed by atoms with Crippen molar-refractivity contribution >= 4 is 23.2 Å². The number of carbonyl (C=O) groups is 2. The minimum absolute atomic E-state index is 0.167. The van der Waals surface area contributed by atoms with Gasteiger partial charge in [-0.1, -0.05) is 23.8 Å². The summed E-state index contributed by atoms with van der Waals surface area (Å²) in [6.45, 7) is 3.53. The van der Waals surface area contributed by atoms with Crippen molar-refractivity contribution in [3.05, 3.63) is 65.6 Å². The quantitative estimate of drug-likeness (QED) is 0.749. The van der Waals surface area contributed by atoms with E-state index in [-0.39, 0.29) is 18.2 Å². The van der Waals surface area contributed by atoms with Gasteiger partial charge >= 0.3 is 5.97 Å². The number of nitrogens with zero attached hydrogens (tertiary/aromatic N) is 2. The molecule has 24 heavy (non-hydrogen) atoms. The van der Waals surface area contributed by atoms with Gasteiger partial charge in [0.1, 0.15) is 5.65 Å². The molecule has 2 heterocycles. The van der Waals surface area contributed by atoms with Crippen LogP contribution in [0.2, 0.25) is 0 Å². The molecule has 0 aliphatic carbocycles. The first-order valence-electron chi connectivity index (χ1n) is 7.51. The maximum absolute atomic E-state index is 12.0. The van der Waals surface area contributed by atoms with Gasteiger partial charge in [-0.15, -0.1) is 0 Å². The summed E-state index contributed by atoms with van der Waals surface area (Å²) < 4.78 is 6.74. The average Bonchev–Trinajstić information content (AvgIpc) is 2.99. The van der Waals surface area contributed by atoms with E-state index in [4.69, 9.17) is 4.74 Å². The van der Waals surface area contributed by atoms with Crippen LogP contribution in [0.3, 0.4) is 0 Å². The molecule has 0 atom stereocenters. The molecule has 0 saturated heterocycles. The number of aryl methyl sites for hydroxylation is 2. The lowest BCUT2D eigenvalue weighted by molar-refractivity contribution is -0.119. The van der Waals surface area contributed by atoms with E-state index in [9.17, 15) is 9.59 Å². The number of amides is 1. The lowest BCUT2D eigenvalue weighted by atomic mass is 10.1. The van der Waals surface area contributed by atoms with Gasteiger partial charge < -0.3 is 14.5 Å². The van der Waals surface area contributed by atoms with E-state index in [1.54, 1.807) is 22.9 Å². The number of rotatable bonds is 4. The number of hydrogen-bond acceptors (Lipinski definition) is 4. The van der Waals surface area contributed by atoms with Crippen LogP contribution in [0, 0.1) is 13.8 Å². The molecule has 0 saturated carbocycles. The molecular formula is C18H17N3O3. The van der Waals surface area contributed by atoms with Gasteiger partial charge in [-0.25, -0.2) is 9.78 Å². The summed E-state index contributed by atoms with van der Waals surface area (Å²) in [4.78, 5) is 28.1. The molecule has 0 aliphatic rings. The Bertz CT molecular complexity index is 882. The zero-order valence-corrected chi connectivity index (χ0v) is 13.4. The third-order valence-electron chi connectivity index (χ3n) is 3.56. The lowest BCUT2D eigenvalue weighted by Crippen LogP contribution is -2.21. The largest absolute Gasteiger partial charge is 0.451 e. The molecule has 0 spiro atoms. The summed E-state index contributed by atoms with van der Waals surface area (Å²) in [6, 6.07) is 11.1. The third-order valence-corrected chi connectivity index (χ3v) is 3.56. The van der Waals surface area contributed by atoms with Crippen molar-refractivity contribution in [3.63, 3.8) is 0 Å². The summed E-state index contributed by atoms with van der Waals surface area (Å²) >= 11 is 0. The second-order valence-corrected chi connectivity index (χ2v) is 5.53. The number of hydrogen-bond donors (Lipinski definition) is 1. The molecule has 1 N–H and O–H groups in total. The molecule has 6 nitrogen and oxygen atoms in total. The normalized spacial score (nSPS) is 10.6. The van der Waals surface area contributed by atoms with E-state index < -0.39 is 5.97 Å². The number of esters is 1. The Morgan fingerprint density at radius 2 is 2.04 bits per heavy atom. The number of anilines is 1. The predicted molar refractivity (Wildman–Crippen MR) is 90.0 cm³/mol. The smallest absolute Gasteiger partial charge is 0.359 e. The highest BCUT2D eigenvalue weighted by atomic mass is 16.5. The molecule has 3 rings (SSSR count). The first-order valence-corrected chi connectivity index (χ1v) is 7.51. The summed E-state index contributed by atoms with van der Waals surface area (Å²) in [5.74, 6) is -1.02. The standard InChI is InChI=1S/C18H17N3O3/c1-12-6-7-14(13(2)9-12)20-17(22)11-24-18(23)15-10-21-8-4-3-5-16(21)19-15/h3-10H,11H2,1-2H3,(H,20,22). The highest BCUT2D eigenvalue weighted by Crippen LogP contribution is 2.15. The summed E-state index contributed by atoms with van der Waals surface area (Å²) in [5.41, 5.74) is 3.58. The Labute approximate surface area is 139 Å². The number of benzene rings is 1. The number of aromatic nitrogens is 2. The van der Waals surface area contributed by atoms with E-state index in [1.807, 2.05) is 44.2 Å². The van der Waals surface area contributed by atoms with Gasteiger partial charge in [0, 0.05) is 18.1 Å². The number of imidazole rings is 1. The van der Waals surface area contributed by atoms with Crippen LogP contribution in [0.1, 0.15) is 21.6 Å². The first kappa shape index (κ1) is 15.7. The van der Waals surface area contributed by atoms with Crippen molar-refractivity contribution in [2.45, 2.75) is 13.8 Å². The lowest BCUT2D eigenvalue weighted by Gasteiger charge is -2.09. The van der Waals surface area contributed by atoms with Crippen LogP contribution in [0.5, 0.6) is 0 Å². The van der Waals surface area contributed by atoms with Crippen LogP contribution < -0.4 is 5.32 Å². The van der Waals surface area contributed by atoms with Crippen LogP contribution in [-0.4, -0.2) is 27.9 Å². The van der Waals surface area contributed by atoms with E-state index >= 15 is 0 Å². The molecule has 3 aromatic rings. The molecule has 0 radical (unpaired) electrons. The van der Waals surface area contributed by atoms with Crippen molar-refractivity contribution in [1.29, 1.82) is 0 Å². The Morgan fingerprint density at radius 1 is 1.21 bits per heavy atom. The monoisotopic (exact) mass is 323 g/mol. The Balaban J connectivity index is 1.60.